The smallest absolute Gasteiger partial charge is 0.252 e. The van der Waals surface area contributed by atoms with Crippen LogP contribution in [0.1, 0.15) is 36.5 Å². The maximum atomic E-state index is 12.8. The van der Waals surface area contributed by atoms with Crippen molar-refractivity contribution in [2.45, 2.75) is 31.1 Å². The monoisotopic (exact) mass is 407 g/mol. The van der Waals surface area contributed by atoms with E-state index in [9.17, 15) is 18.0 Å². The van der Waals surface area contributed by atoms with Gasteiger partial charge in [-0.05, 0) is 44.4 Å². The molecule has 2 N–H and O–H groups in total. The number of amides is 1. The van der Waals surface area contributed by atoms with E-state index in [1.165, 1.54) is 28.6 Å². The molecular formula is C19H25N3O5S. The maximum Gasteiger partial charge on any atom is 0.252 e. The Hall–Kier alpha value is -2.23. The number of aromatic nitrogens is 1. The van der Waals surface area contributed by atoms with Crippen molar-refractivity contribution >= 4 is 26.8 Å². The molecule has 0 aliphatic carbocycles. The first kappa shape index (κ1) is 20.5. The van der Waals surface area contributed by atoms with Gasteiger partial charge in [0.2, 0.25) is 15.6 Å². The van der Waals surface area contributed by atoms with Gasteiger partial charge in [0, 0.05) is 49.8 Å². The van der Waals surface area contributed by atoms with Gasteiger partial charge >= 0.3 is 0 Å². The summed E-state index contributed by atoms with van der Waals surface area (Å²) in [6.45, 7) is 4.44. The van der Waals surface area contributed by atoms with E-state index in [0.29, 0.717) is 50.2 Å². The Labute approximate surface area is 163 Å². The molecule has 1 saturated heterocycles. The molecule has 0 saturated carbocycles. The molecule has 0 bridgehead atoms. The van der Waals surface area contributed by atoms with Gasteiger partial charge in [-0.1, -0.05) is 0 Å². The maximum absolute atomic E-state index is 12.8. The van der Waals surface area contributed by atoms with Gasteiger partial charge in [0.05, 0.1) is 10.5 Å². The highest BCUT2D eigenvalue weighted by atomic mass is 32.2. The summed E-state index contributed by atoms with van der Waals surface area (Å²) in [7, 11) is -3.62. The Kier molecular flexibility index (Phi) is 6.48. The van der Waals surface area contributed by atoms with E-state index in [2.05, 4.69) is 10.3 Å². The van der Waals surface area contributed by atoms with Crippen LogP contribution in [-0.4, -0.2) is 56.5 Å². The highest BCUT2D eigenvalue weighted by Crippen LogP contribution is 2.25. The van der Waals surface area contributed by atoms with Crippen molar-refractivity contribution in [3.63, 3.8) is 0 Å². The van der Waals surface area contributed by atoms with E-state index in [4.69, 9.17) is 4.74 Å². The molecule has 2 aromatic rings. The number of pyridine rings is 1. The zero-order valence-corrected chi connectivity index (χ0v) is 16.7. The van der Waals surface area contributed by atoms with Crippen molar-refractivity contribution in [1.29, 1.82) is 0 Å². The first-order chi connectivity index (χ1) is 13.4. The summed E-state index contributed by atoms with van der Waals surface area (Å²) in [5, 5.41) is 3.16. The first-order valence-electron chi connectivity index (χ1n) is 9.46. The summed E-state index contributed by atoms with van der Waals surface area (Å²) in [6.07, 6.45) is 2.33. The van der Waals surface area contributed by atoms with Gasteiger partial charge in [-0.25, -0.2) is 8.42 Å². The van der Waals surface area contributed by atoms with Gasteiger partial charge in [0.1, 0.15) is 0 Å². The Bertz CT molecular complexity index is 1010. The van der Waals surface area contributed by atoms with Crippen LogP contribution in [0.3, 0.4) is 0 Å². The largest absolute Gasteiger partial charge is 0.382 e. The van der Waals surface area contributed by atoms with Crippen molar-refractivity contribution in [2.24, 2.45) is 0 Å². The number of H-pyrrole nitrogens is 1. The first-order valence-corrected chi connectivity index (χ1v) is 10.9. The Morgan fingerprint density at radius 1 is 1.25 bits per heavy atom. The minimum absolute atomic E-state index is 0.124. The molecule has 8 nitrogen and oxygen atoms in total. The second kappa shape index (κ2) is 8.85. The highest BCUT2D eigenvalue weighted by Gasteiger charge is 2.27. The predicted octanol–water partition coefficient (Wildman–Crippen LogP) is 1.47. The summed E-state index contributed by atoms with van der Waals surface area (Å²) in [5.41, 5.74) is 0.170. The predicted molar refractivity (Wildman–Crippen MR) is 106 cm³/mol. The van der Waals surface area contributed by atoms with Crippen LogP contribution in [-0.2, 0) is 14.8 Å². The van der Waals surface area contributed by atoms with Crippen molar-refractivity contribution in [2.75, 3.05) is 32.8 Å². The topological polar surface area (TPSA) is 109 Å². The minimum atomic E-state index is -3.62. The van der Waals surface area contributed by atoms with Crippen molar-refractivity contribution in [3.05, 3.63) is 40.2 Å². The summed E-state index contributed by atoms with van der Waals surface area (Å²) in [6, 6.07) is 5.67. The molecule has 3 rings (SSSR count). The van der Waals surface area contributed by atoms with Gasteiger partial charge in [0.15, 0.2) is 0 Å². The SMILES string of the molecule is CCOCCCNC(=O)c1cc(=O)[nH]c2ccc(S(=O)(=O)N3CCCC3)cc12. The number of rotatable bonds is 8. The van der Waals surface area contributed by atoms with Crippen molar-refractivity contribution < 1.29 is 17.9 Å². The Morgan fingerprint density at radius 3 is 2.71 bits per heavy atom. The molecular weight excluding hydrogens is 382 g/mol. The third-order valence-corrected chi connectivity index (χ3v) is 6.61. The molecule has 2 heterocycles. The number of sulfonamides is 1. The number of benzene rings is 1. The normalized spacial score (nSPS) is 15.2. The zero-order valence-electron chi connectivity index (χ0n) is 15.9. The fraction of sp³-hybridized carbons (Fsp3) is 0.474. The van der Waals surface area contributed by atoms with Crippen LogP contribution in [0.2, 0.25) is 0 Å². The Balaban J connectivity index is 1.91. The standard InChI is InChI=1S/C19H25N3O5S/c1-2-27-11-5-8-20-19(24)16-13-18(23)21-17-7-6-14(12-15(16)17)28(25,26)22-9-3-4-10-22/h6-7,12-13H,2-5,8-11H2,1H3,(H,20,24)(H,21,23). The third kappa shape index (κ3) is 4.43. The van der Waals surface area contributed by atoms with E-state index < -0.39 is 21.5 Å². The molecule has 1 aromatic heterocycles. The lowest BCUT2D eigenvalue weighted by molar-refractivity contribution is 0.0945. The summed E-state index contributed by atoms with van der Waals surface area (Å²) < 4.78 is 32.4. The van der Waals surface area contributed by atoms with Crippen molar-refractivity contribution in [1.82, 2.24) is 14.6 Å². The lowest BCUT2D eigenvalue weighted by atomic mass is 10.1. The number of hydrogen-bond donors (Lipinski definition) is 2. The number of hydrogen-bond acceptors (Lipinski definition) is 5. The van der Waals surface area contributed by atoms with Gasteiger partial charge in [-0.3, -0.25) is 9.59 Å². The summed E-state index contributed by atoms with van der Waals surface area (Å²) in [4.78, 5) is 27.3. The number of ether oxygens (including phenoxy) is 1. The fourth-order valence-corrected chi connectivity index (χ4v) is 4.82. The lowest BCUT2D eigenvalue weighted by Gasteiger charge is -2.16. The van der Waals surface area contributed by atoms with E-state index in [1.54, 1.807) is 0 Å². The van der Waals surface area contributed by atoms with Gasteiger partial charge in [-0.2, -0.15) is 4.31 Å². The summed E-state index contributed by atoms with van der Waals surface area (Å²) in [5.74, 6) is -0.414. The molecule has 1 aromatic carbocycles. The van der Waals surface area contributed by atoms with Crippen LogP contribution >= 0.6 is 0 Å². The van der Waals surface area contributed by atoms with E-state index in [1.807, 2.05) is 6.92 Å². The quantitative estimate of drug-likeness (QED) is 0.644. The van der Waals surface area contributed by atoms with Gasteiger partial charge < -0.3 is 15.0 Å². The molecule has 1 fully saturated rings. The van der Waals surface area contributed by atoms with E-state index in [0.717, 1.165) is 12.8 Å². The molecule has 1 aliphatic rings. The number of nitrogens with one attached hydrogen (secondary N) is 2. The minimum Gasteiger partial charge on any atom is -0.382 e. The third-order valence-electron chi connectivity index (χ3n) is 4.72. The van der Waals surface area contributed by atoms with Crippen LogP contribution in [0.15, 0.2) is 34.0 Å². The second-order valence-electron chi connectivity index (χ2n) is 6.67. The molecule has 0 spiro atoms. The second-order valence-corrected chi connectivity index (χ2v) is 8.61. The van der Waals surface area contributed by atoms with E-state index >= 15 is 0 Å². The number of carbonyl (C=O) groups is 1. The van der Waals surface area contributed by atoms with Crippen molar-refractivity contribution in [3.8, 4) is 0 Å². The molecule has 152 valence electrons. The van der Waals surface area contributed by atoms with Crippen LogP contribution < -0.4 is 10.9 Å². The molecule has 1 aliphatic heterocycles. The number of fused-ring (bicyclic) bond motifs is 1. The van der Waals surface area contributed by atoms with Crippen LogP contribution in [0.4, 0.5) is 0 Å². The lowest BCUT2D eigenvalue weighted by Crippen LogP contribution is -2.28. The highest BCUT2D eigenvalue weighted by molar-refractivity contribution is 7.89. The van der Waals surface area contributed by atoms with Crippen LogP contribution in [0.25, 0.3) is 10.9 Å². The molecule has 0 radical (unpaired) electrons. The number of aromatic amines is 1. The molecule has 28 heavy (non-hydrogen) atoms. The van der Waals surface area contributed by atoms with Gasteiger partial charge in [-0.15, -0.1) is 0 Å². The number of carbonyl (C=O) groups excluding carboxylic acids is 1. The molecule has 0 atom stereocenters. The molecule has 1 amide bonds. The molecule has 9 heteroatoms. The fourth-order valence-electron chi connectivity index (χ4n) is 3.27. The number of nitrogens with zero attached hydrogens (tertiary/aromatic N) is 1. The van der Waals surface area contributed by atoms with Gasteiger partial charge in [0.25, 0.3) is 5.91 Å². The van der Waals surface area contributed by atoms with Crippen LogP contribution in [0.5, 0.6) is 0 Å². The Morgan fingerprint density at radius 2 is 2.00 bits per heavy atom. The summed E-state index contributed by atoms with van der Waals surface area (Å²) >= 11 is 0. The average molecular weight is 407 g/mol. The average Bonchev–Trinajstić information content (AvgIpc) is 3.22. The van der Waals surface area contributed by atoms with Crippen LogP contribution in [0, 0.1) is 0 Å². The zero-order chi connectivity index (χ0) is 20.1. The molecule has 0 unspecified atom stereocenters. The van der Waals surface area contributed by atoms with E-state index in [-0.39, 0.29) is 10.5 Å².